The third-order valence-electron chi connectivity index (χ3n) is 5.23. The molecule has 2 heterocycles. The first-order valence-electron chi connectivity index (χ1n) is 11.2. The molecule has 0 saturated carbocycles. The standard InChI is InChI=1S/C24H26N2O7S2/c1-2-31-23(28)15-26-18-13-19-20(33-11-10-32-19)14-21(18)34-24(26)25-22(27)9-6-12-35(29,30)16-17-7-4-3-5-8-17/h3-5,7-8,13-14H,2,6,9-12,15-16H2,1H3. The molecule has 0 bridgehead atoms. The molecule has 3 aromatic rings. The Balaban J connectivity index is 1.53. The lowest BCUT2D eigenvalue weighted by atomic mass is 10.2. The van der Waals surface area contributed by atoms with Crippen LogP contribution in [0, 0.1) is 0 Å². The Labute approximate surface area is 206 Å². The molecule has 0 aliphatic carbocycles. The van der Waals surface area contributed by atoms with Crippen LogP contribution in [0.25, 0.3) is 10.2 Å². The first-order chi connectivity index (χ1) is 16.8. The molecule has 0 unspecified atom stereocenters. The van der Waals surface area contributed by atoms with Crippen molar-refractivity contribution in [3.8, 4) is 11.5 Å². The van der Waals surface area contributed by atoms with Crippen molar-refractivity contribution in [2.24, 2.45) is 4.99 Å². The minimum absolute atomic E-state index is 0.0234. The summed E-state index contributed by atoms with van der Waals surface area (Å²) in [5.74, 6) is 0.0589. The van der Waals surface area contributed by atoms with Crippen LogP contribution < -0.4 is 14.3 Å². The van der Waals surface area contributed by atoms with Gasteiger partial charge in [-0.3, -0.25) is 9.59 Å². The van der Waals surface area contributed by atoms with E-state index < -0.39 is 21.7 Å². The lowest BCUT2D eigenvalue weighted by Gasteiger charge is -2.18. The van der Waals surface area contributed by atoms with Crippen LogP contribution in [0.3, 0.4) is 0 Å². The van der Waals surface area contributed by atoms with Gasteiger partial charge in [-0.1, -0.05) is 41.7 Å². The Morgan fingerprint density at radius 1 is 1.11 bits per heavy atom. The van der Waals surface area contributed by atoms with Gasteiger partial charge >= 0.3 is 5.97 Å². The zero-order valence-corrected chi connectivity index (χ0v) is 20.9. The first kappa shape index (κ1) is 24.9. The number of benzene rings is 2. The third-order valence-corrected chi connectivity index (χ3v) is 7.96. The minimum Gasteiger partial charge on any atom is -0.486 e. The summed E-state index contributed by atoms with van der Waals surface area (Å²) in [5, 5.41) is 0. The number of hydrogen-bond donors (Lipinski definition) is 0. The monoisotopic (exact) mass is 518 g/mol. The lowest BCUT2D eigenvalue weighted by molar-refractivity contribution is -0.143. The molecule has 0 radical (unpaired) electrons. The molecule has 9 nitrogen and oxygen atoms in total. The normalized spacial score (nSPS) is 13.7. The zero-order valence-electron chi connectivity index (χ0n) is 19.3. The molecule has 1 aromatic heterocycles. The van der Waals surface area contributed by atoms with Crippen molar-refractivity contribution >= 4 is 43.3 Å². The van der Waals surface area contributed by atoms with Gasteiger partial charge in [-0.2, -0.15) is 4.99 Å². The van der Waals surface area contributed by atoms with Crippen LogP contribution in [0.4, 0.5) is 0 Å². The highest BCUT2D eigenvalue weighted by molar-refractivity contribution is 7.90. The summed E-state index contributed by atoms with van der Waals surface area (Å²) in [6, 6.07) is 12.5. The van der Waals surface area contributed by atoms with E-state index in [4.69, 9.17) is 14.2 Å². The van der Waals surface area contributed by atoms with E-state index in [1.165, 1.54) is 11.3 Å². The fourth-order valence-electron chi connectivity index (χ4n) is 3.69. The Morgan fingerprint density at radius 2 is 1.83 bits per heavy atom. The molecule has 1 aliphatic heterocycles. The van der Waals surface area contributed by atoms with Gasteiger partial charge in [0.25, 0.3) is 0 Å². The van der Waals surface area contributed by atoms with Crippen LogP contribution in [0.5, 0.6) is 11.5 Å². The predicted octanol–water partition coefficient (Wildman–Crippen LogP) is 2.86. The highest BCUT2D eigenvalue weighted by Crippen LogP contribution is 2.35. The number of thiazole rings is 1. The molecule has 0 N–H and O–H groups in total. The molecule has 186 valence electrons. The Bertz CT molecular complexity index is 1390. The summed E-state index contributed by atoms with van der Waals surface area (Å²) in [5.41, 5.74) is 1.38. The molecule has 35 heavy (non-hydrogen) atoms. The van der Waals surface area contributed by atoms with Crippen molar-refractivity contribution in [2.45, 2.75) is 32.1 Å². The molecule has 2 aromatic carbocycles. The fourth-order valence-corrected chi connectivity index (χ4v) is 6.17. The summed E-state index contributed by atoms with van der Waals surface area (Å²) in [6.45, 7) is 2.69. The molecule has 0 fully saturated rings. The highest BCUT2D eigenvalue weighted by atomic mass is 32.2. The van der Waals surface area contributed by atoms with E-state index >= 15 is 0 Å². The number of carbonyl (C=O) groups excluding carboxylic acids is 2. The van der Waals surface area contributed by atoms with Gasteiger partial charge in [0.1, 0.15) is 19.8 Å². The smallest absolute Gasteiger partial charge is 0.326 e. The molecule has 0 saturated heterocycles. The van der Waals surface area contributed by atoms with Crippen molar-refractivity contribution in [2.75, 3.05) is 25.6 Å². The number of hydrogen-bond acceptors (Lipinski definition) is 8. The highest BCUT2D eigenvalue weighted by Gasteiger charge is 2.19. The number of rotatable bonds is 9. The first-order valence-corrected chi connectivity index (χ1v) is 13.9. The lowest BCUT2D eigenvalue weighted by Crippen LogP contribution is -2.23. The maximum atomic E-state index is 12.6. The number of sulfone groups is 1. The topological polar surface area (TPSA) is 113 Å². The fraction of sp³-hybridized carbons (Fsp3) is 0.375. The minimum atomic E-state index is -3.35. The second-order valence-electron chi connectivity index (χ2n) is 7.93. The van der Waals surface area contributed by atoms with E-state index in [1.807, 2.05) is 6.07 Å². The maximum Gasteiger partial charge on any atom is 0.326 e. The van der Waals surface area contributed by atoms with Crippen LogP contribution in [0.2, 0.25) is 0 Å². The largest absolute Gasteiger partial charge is 0.486 e. The van der Waals surface area contributed by atoms with Crippen molar-refractivity contribution in [1.29, 1.82) is 0 Å². The van der Waals surface area contributed by atoms with Gasteiger partial charge in [0.2, 0.25) is 5.91 Å². The molecular weight excluding hydrogens is 492 g/mol. The predicted molar refractivity (Wildman–Crippen MR) is 131 cm³/mol. The van der Waals surface area contributed by atoms with Crippen molar-refractivity contribution < 1.29 is 32.2 Å². The van der Waals surface area contributed by atoms with Gasteiger partial charge in [0, 0.05) is 18.6 Å². The average molecular weight is 519 g/mol. The van der Waals surface area contributed by atoms with E-state index in [0.29, 0.717) is 40.6 Å². The molecule has 0 spiro atoms. The van der Waals surface area contributed by atoms with Gasteiger partial charge in [0.15, 0.2) is 26.1 Å². The zero-order chi connectivity index (χ0) is 24.8. The van der Waals surface area contributed by atoms with Gasteiger partial charge in [-0.15, -0.1) is 0 Å². The van der Waals surface area contributed by atoms with E-state index in [1.54, 1.807) is 47.9 Å². The van der Waals surface area contributed by atoms with Crippen LogP contribution in [0.15, 0.2) is 47.5 Å². The quantitative estimate of drug-likeness (QED) is 0.400. The van der Waals surface area contributed by atoms with Gasteiger partial charge < -0.3 is 18.8 Å². The Kier molecular flexibility index (Phi) is 7.86. The second-order valence-corrected chi connectivity index (χ2v) is 11.1. The molecule has 1 aliphatic rings. The molecule has 1 amide bonds. The number of nitrogens with zero attached hydrogens (tertiary/aromatic N) is 2. The Hall–Kier alpha value is -3.18. The van der Waals surface area contributed by atoms with E-state index in [0.717, 1.165) is 4.70 Å². The van der Waals surface area contributed by atoms with E-state index in [9.17, 15) is 18.0 Å². The molecular formula is C24H26N2O7S2. The van der Waals surface area contributed by atoms with Crippen LogP contribution in [-0.4, -0.2) is 50.4 Å². The molecule has 11 heteroatoms. The van der Waals surface area contributed by atoms with E-state index in [-0.39, 0.29) is 37.5 Å². The van der Waals surface area contributed by atoms with Crippen LogP contribution in [0.1, 0.15) is 25.3 Å². The number of aromatic nitrogens is 1. The SMILES string of the molecule is CCOC(=O)Cn1c(=NC(=O)CCCS(=O)(=O)Cc2ccccc2)sc2cc3c(cc21)OCCO3. The van der Waals surface area contributed by atoms with Crippen molar-refractivity contribution in [1.82, 2.24) is 4.57 Å². The van der Waals surface area contributed by atoms with E-state index in [2.05, 4.69) is 4.99 Å². The Morgan fingerprint density at radius 3 is 2.54 bits per heavy atom. The summed E-state index contributed by atoms with van der Waals surface area (Å²) >= 11 is 1.24. The summed E-state index contributed by atoms with van der Waals surface area (Å²) in [7, 11) is -3.35. The molecule has 4 rings (SSSR count). The number of ether oxygens (including phenoxy) is 3. The number of fused-ring (bicyclic) bond motifs is 2. The van der Waals surface area contributed by atoms with Crippen molar-refractivity contribution in [3.05, 3.63) is 52.8 Å². The third kappa shape index (κ3) is 6.49. The van der Waals surface area contributed by atoms with Crippen LogP contribution in [-0.2, 0) is 36.5 Å². The van der Waals surface area contributed by atoms with Gasteiger partial charge in [-0.05, 0) is 18.9 Å². The number of carbonyl (C=O) groups is 2. The van der Waals surface area contributed by atoms with Gasteiger partial charge in [0.05, 0.1) is 28.3 Å². The summed E-state index contributed by atoms with van der Waals surface area (Å²) in [6.07, 6.45) is 0.140. The average Bonchev–Trinajstić information content (AvgIpc) is 3.13. The van der Waals surface area contributed by atoms with Crippen molar-refractivity contribution in [3.63, 3.8) is 0 Å². The summed E-state index contributed by atoms with van der Waals surface area (Å²) in [4.78, 5) is 29.4. The van der Waals surface area contributed by atoms with Crippen LogP contribution >= 0.6 is 11.3 Å². The van der Waals surface area contributed by atoms with Gasteiger partial charge in [-0.25, -0.2) is 8.42 Å². The maximum absolute atomic E-state index is 12.6. The summed E-state index contributed by atoms with van der Waals surface area (Å²) < 4.78 is 43.6. The second kappa shape index (κ2) is 11.0. The number of esters is 1. The number of amides is 1. The molecule has 0 atom stereocenters.